The van der Waals surface area contributed by atoms with Gasteiger partial charge in [-0.05, 0) is 44.7 Å². The van der Waals surface area contributed by atoms with Gasteiger partial charge in [0, 0.05) is 19.4 Å². The minimum Gasteiger partial charge on any atom is -0.294 e. The summed E-state index contributed by atoms with van der Waals surface area (Å²) in [5.41, 5.74) is 0. The van der Waals surface area contributed by atoms with E-state index in [4.69, 9.17) is 4.99 Å². The molecule has 3 heterocycles. The van der Waals surface area contributed by atoms with Gasteiger partial charge in [-0.2, -0.15) is 0 Å². The van der Waals surface area contributed by atoms with E-state index in [0.717, 1.165) is 5.92 Å². The molecule has 3 aliphatic rings. The first kappa shape index (κ1) is 12.3. The summed E-state index contributed by atoms with van der Waals surface area (Å²) in [5, 5.41) is 3.76. The van der Waals surface area contributed by atoms with Crippen molar-refractivity contribution in [3.8, 4) is 0 Å². The molecule has 3 nitrogen and oxygen atoms in total. The molecule has 18 heavy (non-hydrogen) atoms. The molecule has 1 saturated heterocycles. The predicted molar refractivity (Wildman–Crippen MR) is 75.7 cm³/mol. The number of piperidine rings is 1. The summed E-state index contributed by atoms with van der Waals surface area (Å²) in [5.74, 6) is 0.727. The SMILES string of the molecule is C1=NC(C2CCCNC2[N+]2=CCCCC2)CCC1. The van der Waals surface area contributed by atoms with Crippen LogP contribution in [-0.2, 0) is 0 Å². The normalized spacial score (nSPS) is 37.3. The number of nitrogens with one attached hydrogen (secondary N) is 1. The zero-order chi connectivity index (χ0) is 12.2. The Bertz CT molecular complexity index is 335. The van der Waals surface area contributed by atoms with E-state index in [1.165, 1.54) is 64.5 Å². The Kier molecular flexibility index (Phi) is 4.09. The van der Waals surface area contributed by atoms with Crippen molar-refractivity contribution in [2.75, 3.05) is 13.1 Å². The minimum atomic E-state index is 0.555. The monoisotopic (exact) mass is 248 g/mol. The maximum Gasteiger partial charge on any atom is 0.211 e. The average molecular weight is 248 g/mol. The Labute approximate surface area is 110 Å². The van der Waals surface area contributed by atoms with Crippen LogP contribution in [0.4, 0.5) is 0 Å². The second kappa shape index (κ2) is 5.96. The molecule has 0 spiro atoms. The molecule has 1 fully saturated rings. The Morgan fingerprint density at radius 1 is 1.06 bits per heavy atom. The Hall–Kier alpha value is -0.700. The van der Waals surface area contributed by atoms with Crippen LogP contribution in [0.1, 0.15) is 51.4 Å². The van der Waals surface area contributed by atoms with E-state index in [-0.39, 0.29) is 0 Å². The molecule has 3 aliphatic heterocycles. The zero-order valence-electron chi connectivity index (χ0n) is 11.4. The topological polar surface area (TPSA) is 27.4 Å². The third-order valence-electron chi connectivity index (χ3n) is 4.69. The van der Waals surface area contributed by atoms with Gasteiger partial charge in [-0.1, -0.05) is 0 Å². The lowest BCUT2D eigenvalue weighted by atomic mass is 9.84. The fourth-order valence-corrected chi connectivity index (χ4v) is 3.73. The van der Waals surface area contributed by atoms with Crippen LogP contribution in [0.25, 0.3) is 0 Å². The quantitative estimate of drug-likeness (QED) is 0.745. The van der Waals surface area contributed by atoms with E-state index in [1.807, 2.05) is 0 Å². The van der Waals surface area contributed by atoms with Gasteiger partial charge in [-0.15, -0.1) is 0 Å². The zero-order valence-corrected chi connectivity index (χ0v) is 11.4. The molecular weight excluding hydrogens is 222 g/mol. The molecule has 3 unspecified atom stereocenters. The van der Waals surface area contributed by atoms with Crippen LogP contribution in [0, 0.1) is 5.92 Å². The van der Waals surface area contributed by atoms with E-state index >= 15 is 0 Å². The molecule has 3 heteroatoms. The van der Waals surface area contributed by atoms with Crippen molar-refractivity contribution in [3.05, 3.63) is 0 Å². The molecule has 100 valence electrons. The maximum absolute atomic E-state index is 4.79. The van der Waals surface area contributed by atoms with E-state index in [0.29, 0.717) is 12.2 Å². The first-order valence-electron chi connectivity index (χ1n) is 7.79. The van der Waals surface area contributed by atoms with Gasteiger partial charge in [0.2, 0.25) is 6.17 Å². The van der Waals surface area contributed by atoms with Crippen molar-refractivity contribution in [1.82, 2.24) is 5.32 Å². The highest BCUT2D eigenvalue weighted by atomic mass is 15.2. The van der Waals surface area contributed by atoms with Gasteiger partial charge in [0.15, 0.2) is 0 Å². The molecule has 0 aromatic rings. The van der Waals surface area contributed by atoms with Crippen LogP contribution in [-0.4, -0.2) is 42.3 Å². The van der Waals surface area contributed by atoms with Crippen LogP contribution >= 0.6 is 0 Å². The van der Waals surface area contributed by atoms with Gasteiger partial charge in [-0.3, -0.25) is 10.3 Å². The summed E-state index contributed by atoms with van der Waals surface area (Å²) >= 11 is 0. The van der Waals surface area contributed by atoms with E-state index in [1.54, 1.807) is 0 Å². The van der Waals surface area contributed by atoms with Gasteiger partial charge < -0.3 is 0 Å². The number of rotatable bonds is 2. The average Bonchev–Trinajstić information content (AvgIpc) is 2.49. The lowest BCUT2D eigenvalue weighted by Gasteiger charge is -2.35. The van der Waals surface area contributed by atoms with Gasteiger partial charge in [0.25, 0.3) is 0 Å². The van der Waals surface area contributed by atoms with Gasteiger partial charge >= 0.3 is 0 Å². The number of hydrogen-bond acceptors (Lipinski definition) is 2. The van der Waals surface area contributed by atoms with Gasteiger partial charge in [0.1, 0.15) is 12.8 Å². The van der Waals surface area contributed by atoms with Crippen molar-refractivity contribution in [2.45, 2.75) is 63.6 Å². The van der Waals surface area contributed by atoms with Crippen molar-refractivity contribution < 1.29 is 4.58 Å². The summed E-state index contributed by atoms with van der Waals surface area (Å²) in [6.45, 7) is 2.42. The summed E-state index contributed by atoms with van der Waals surface area (Å²) < 4.78 is 2.58. The van der Waals surface area contributed by atoms with E-state index in [2.05, 4.69) is 22.3 Å². The van der Waals surface area contributed by atoms with Gasteiger partial charge in [0.05, 0.1) is 12.0 Å². The fourth-order valence-electron chi connectivity index (χ4n) is 3.73. The molecule has 0 aromatic heterocycles. The Morgan fingerprint density at radius 3 is 2.83 bits per heavy atom. The van der Waals surface area contributed by atoms with Gasteiger partial charge in [-0.25, -0.2) is 4.58 Å². The molecular formula is C15H26N3+. The van der Waals surface area contributed by atoms with E-state index in [9.17, 15) is 0 Å². The summed E-state index contributed by atoms with van der Waals surface area (Å²) in [6.07, 6.45) is 15.6. The molecule has 0 aromatic carbocycles. The second-order valence-corrected chi connectivity index (χ2v) is 5.95. The summed E-state index contributed by atoms with van der Waals surface area (Å²) in [4.78, 5) is 4.79. The van der Waals surface area contributed by atoms with Crippen molar-refractivity contribution in [2.24, 2.45) is 10.9 Å². The van der Waals surface area contributed by atoms with Crippen molar-refractivity contribution >= 4 is 12.4 Å². The molecule has 0 aliphatic carbocycles. The van der Waals surface area contributed by atoms with Crippen LogP contribution < -0.4 is 5.32 Å². The molecule has 3 rings (SSSR count). The fraction of sp³-hybridized carbons (Fsp3) is 0.867. The molecule has 1 N–H and O–H groups in total. The maximum atomic E-state index is 4.79. The first-order valence-corrected chi connectivity index (χ1v) is 7.79. The van der Waals surface area contributed by atoms with E-state index < -0.39 is 0 Å². The molecule has 0 bridgehead atoms. The second-order valence-electron chi connectivity index (χ2n) is 5.95. The van der Waals surface area contributed by atoms with Crippen LogP contribution in [0.3, 0.4) is 0 Å². The number of aliphatic imine (C=N–C) groups is 1. The standard InChI is InChI=1S/C15H26N3/c1-4-11-18(12-5-1)15-13(7-6-10-17-15)14-8-2-3-9-16-14/h9,11,13-15,17H,1-8,10,12H2/q+1. The lowest BCUT2D eigenvalue weighted by Crippen LogP contribution is -2.53. The number of hydrogen-bond donors (Lipinski definition) is 1. The molecule has 0 saturated carbocycles. The smallest absolute Gasteiger partial charge is 0.211 e. The third kappa shape index (κ3) is 2.66. The van der Waals surface area contributed by atoms with Crippen LogP contribution in [0.2, 0.25) is 0 Å². The van der Waals surface area contributed by atoms with Crippen molar-refractivity contribution in [1.29, 1.82) is 0 Å². The third-order valence-corrected chi connectivity index (χ3v) is 4.69. The largest absolute Gasteiger partial charge is 0.294 e. The summed E-state index contributed by atoms with van der Waals surface area (Å²) in [7, 11) is 0. The summed E-state index contributed by atoms with van der Waals surface area (Å²) in [6, 6.07) is 0.576. The first-order chi connectivity index (χ1) is 8.95. The lowest BCUT2D eigenvalue weighted by molar-refractivity contribution is -0.584. The Balaban J connectivity index is 1.74. The highest BCUT2D eigenvalue weighted by molar-refractivity contribution is 5.58. The highest BCUT2D eigenvalue weighted by Gasteiger charge is 2.38. The molecule has 0 amide bonds. The van der Waals surface area contributed by atoms with Crippen molar-refractivity contribution in [3.63, 3.8) is 0 Å². The predicted octanol–water partition coefficient (Wildman–Crippen LogP) is 2.20. The Morgan fingerprint density at radius 2 is 2.06 bits per heavy atom. The van der Waals surface area contributed by atoms with Crippen LogP contribution in [0.15, 0.2) is 4.99 Å². The minimum absolute atomic E-state index is 0.555. The number of nitrogens with zero attached hydrogens (tertiary/aromatic N) is 2. The van der Waals surface area contributed by atoms with Crippen LogP contribution in [0.5, 0.6) is 0 Å². The highest BCUT2D eigenvalue weighted by Crippen LogP contribution is 2.28. The molecule has 3 atom stereocenters. The molecule has 0 radical (unpaired) electrons.